The standard InChI is InChI=1S/C19H16F3N3OS/c1-11-7-8-13(9-12(11)2)16-10-27-18(24-16)25-17(26)23-15-6-4-3-5-14(15)19(20,21)22/h3-10H,1-2H3,(H2,23,24,25,26). The molecule has 0 unspecified atom stereocenters. The van der Waals surface area contributed by atoms with Crippen LogP contribution in [0.5, 0.6) is 0 Å². The molecule has 4 nitrogen and oxygen atoms in total. The van der Waals surface area contributed by atoms with Crippen LogP contribution in [0.1, 0.15) is 16.7 Å². The van der Waals surface area contributed by atoms with Gasteiger partial charge in [0, 0.05) is 10.9 Å². The van der Waals surface area contributed by atoms with Gasteiger partial charge in [0.05, 0.1) is 16.9 Å². The molecule has 0 saturated carbocycles. The smallest absolute Gasteiger partial charge is 0.307 e. The van der Waals surface area contributed by atoms with Crippen LogP contribution in [0.25, 0.3) is 11.3 Å². The zero-order valence-corrected chi connectivity index (χ0v) is 15.3. The number of carbonyl (C=O) groups is 1. The molecule has 3 aromatic rings. The van der Waals surface area contributed by atoms with E-state index in [0.717, 1.165) is 22.8 Å². The lowest BCUT2D eigenvalue weighted by Crippen LogP contribution is -2.21. The maximum absolute atomic E-state index is 13.0. The maximum atomic E-state index is 13.0. The van der Waals surface area contributed by atoms with E-state index >= 15 is 0 Å². The van der Waals surface area contributed by atoms with E-state index in [1.807, 2.05) is 32.0 Å². The van der Waals surface area contributed by atoms with Gasteiger partial charge in [-0.1, -0.05) is 24.3 Å². The van der Waals surface area contributed by atoms with E-state index in [4.69, 9.17) is 0 Å². The van der Waals surface area contributed by atoms with Crippen LogP contribution in [-0.4, -0.2) is 11.0 Å². The quantitative estimate of drug-likeness (QED) is 0.568. The van der Waals surface area contributed by atoms with E-state index in [9.17, 15) is 18.0 Å². The van der Waals surface area contributed by atoms with Crippen LogP contribution in [0.15, 0.2) is 47.8 Å². The predicted octanol–water partition coefficient (Wildman–Crippen LogP) is 6.09. The number of hydrogen-bond acceptors (Lipinski definition) is 3. The number of nitrogens with one attached hydrogen (secondary N) is 2. The summed E-state index contributed by atoms with van der Waals surface area (Å²) in [6, 6.07) is 9.93. The third-order valence-corrected chi connectivity index (χ3v) is 4.77. The van der Waals surface area contributed by atoms with E-state index < -0.39 is 17.8 Å². The molecule has 0 aliphatic rings. The molecule has 0 aliphatic carbocycles. The van der Waals surface area contributed by atoms with Crippen LogP contribution in [0, 0.1) is 13.8 Å². The zero-order chi connectivity index (χ0) is 19.6. The summed E-state index contributed by atoms with van der Waals surface area (Å²) in [5.41, 5.74) is 2.66. The van der Waals surface area contributed by atoms with Crippen molar-refractivity contribution in [1.82, 2.24) is 4.98 Å². The van der Waals surface area contributed by atoms with Gasteiger partial charge in [-0.3, -0.25) is 5.32 Å². The number of urea groups is 1. The Morgan fingerprint density at radius 3 is 2.48 bits per heavy atom. The molecular formula is C19H16F3N3OS. The zero-order valence-electron chi connectivity index (χ0n) is 14.5. The van der Waals surface area contributed by atoms with Gasteiger partial charge in [0.2, 0.25) is 0 Å². The fourth-order valence-corrected chi connectivity index (χ4v) is 3.17. The van der Waals surface area contributed by atoms with E-state index in [1.165, 1.54) is 29.5 Å². The molecular weight excluding hydrogens is 375 g/mol. The van der Waals surface area contributed by atoms with E-state index in [-0.39, 0.29) is 5.69 Å². The molecule has 1 aromatic heterocycles. The number of alkyl halides is 3. The number of aromatic nitrogens is 1. The normalized spacial score (nSPS) is 11.3. The van der Waals surface area contributed by atoms with Gasteiger partial charge in [0.25, 0.3) is 0 Å². The van der Waals surface area contributed by atoms with E-state index in [0.29, 0.717) is 10.8 Å². The van der Waals surface area contributed by atoms with Crippen molar-refractivity contribution in [3.63, 3.8) is 0 Å². The summed E-state index contributed by atoms with van der Waals surface area (Å²) in [6.45, 7) is 4.01. The third-order valence-electron chi connectivity index (χ3n) is 4.01. The highest BCUT2D eigenvalue weighted by Gasteiger charge is 2.33. The van der Waals surface area contributed by atoms with Crippen LogP contribution in [-0.2, 0) is 6.18 Å². The molecule has 0 aliphatic heterocycles. The van der Waals surface area contributed by atoms with Crippen LogP contribution in [0.3, 0.4) is 0 Å². The van der Waals surface area contributed by atoms with Gasteiger partial charge in [-0.2, -0.15) is 13.2 Å². The lowest BCUT2D eigenvalue weighted by molar-refractivity contribution is -0.136. The highest BCUT2D eigenvalue weighted by molar-refractivity contribution is 7.14. The Kier molecular flexibility index (Phi) is 5.18. The Morgan fingerprint density at radius 2 is 1.78 bits per heavy atom. The molecule has 2 N–H and O–H groups in total. The Balaban J connectivity index is 1.73. The Bertz CT molecular complexity index is 982. The summed E-state index contributed by atoms with van der Waals surface area (Å²) in [6.07, 6.45) is -4.55. The van der Waals surface area contributed by atoms with Crippen molar-refractivity contribution in [2.75, 3.05) is 10.6 Å². The molecule has 27 heavy (non-hydrogen) atoms. The van der Waals surface area contributed by atoms with Gasteiger partial charge < -0.3 is 5.32 Å². The molecule has 1 heterocycles. The van der Waals surface area contributed by atoms with Crippen LogP contribution < -0.4 is 10.6 Å². The maximum Gasteiger partial charge on any atom is 0.418 e. The predicted molar refractivity (Wildman–Crippen MR) is 101 cm³/mol. The van der Waals surface area contributed by atoms with Crippen molar-refractivity contribution in [2.24, 2.45) is 0 Å². The molecule has 2 aromatic carbocycles. The summed E-state index contributed by atoms with van der Waals surface area (Å²) in [5.74, 6) is 0. The molecule has 3 rings (SSSR count). The first-order chi connectivity index (χ1) is 12.7. The number of anilines is 2. The summed E-state index contributed by atoms with van der Waals surface area (Å²) in [5, 5.41) is 6.78. The van der Waals surface area contributed by atoms with Gasteiger partial charge in [0.15, 0.2) is 5.13 Å². The first-order valence-corrected chi connectivity index (χ1v) is 8.89. The van der Waals surface area contributed by atoms with Crippen molar-refractivity contribution in [3.05, 3.63) is 64.5 Å². The number of nitrogens with zero attached hydrogens (tertiary/aromatic N) is 1. The molecule has 140 valence electrons. The largest absolute Gasteiger partial charge is 0.418 e. The van der Waals surface area contributed by atoms with Crippen LogP contribution in [0.2, 0.25) is 0 Å². The summed E-state index contributed by atoms with van der Waals surface area (Å²) in [4.78, 5) is 16.4. The second kappa shape index (κ2) is 7.40. The van der Waals surface area contributed by atoms with Crippen molar-refractivity contribution in [2.45, 2.75) is 20.0 Å². The summed E-state index contributed by atoms with van der Waals surface area (Å²) < 4.78 is 39.0. The average Bonchev–Trinajstić information content (AvgIpc) is 3.05. The lowest BCUT2D eigenvalue weighted by Gasteiger charge is -2.13. The fourth-order valence-electron chi connectivity index (χ4n) is 2.45. The molecule has 0 bridgehead atoms. The minimum absolute atomic E-state index is 0.296. The average molecular weight is 391 g/mol. The van der Waals surface area contributed by atoms with Crippen molar-refractivity contribution in [3.8, 4) is 11.3 Å². The molecule has 0 radical (unpaired) electrons. The third kappa shape index (κ3) is 4.46. The van der Waals surface area contributed by atoms with Gasteiger partial charge >= 0.3 is 12.2 Å². The molecule has 0 fully saturated rings. The van der Waals surface area contributed by atoms with Gasteiger partial charge in [-0.15, -0.1) is 11.3 Å². The number of rotatable bonds is 3. The van der Waals surface area contributed by atoms with Crippen LogP contribution >= 0.6 is 11.3 Å². The van der Waals surface area contributed by atoms with Crippen LogP contribution in [0.4, 0.5) is 28.8 Å². The van der Waals surface area contributed by atoms with E-state index in [1.54, 1.807) is 5.38 Å². The fraction of sp³-hybridized carbons (Fsp3) is 0.158. The molecule has 2 amide bonds. The Hall–Kier alpha value is -2.87. The van der Waals surface area contributed by atoms with Gasteiger partial charge in [-0.25, -0.2) is 9.78 Å². The highest BCUT2D eigenvalue weighted by atomic mass is 32.1. The number of halogens is 3. The molecule has 0 atom stereocenters. The molecule has 8 heteroatoms. The Morgan fingerprint density at radius 1 is 1.04 bits per heavy atom. The van der Waals surface area contributed by atoms with Gasteiger partial charge in [-0.05, 0) is 43.2 Å². The summed E-state index contributed by atoms with van der Waals surface area (Å²) in [7, 11) is 0. The Labute approximate surface area is 158 Å². The lowest BCUT2D eigenvalue weighted by atomic mass is 10.1. The number of amides is 2. The van der Waals surface area contributed by atoms with Crippen molar-refractivity contribution >= 4 is 28.2 Å². The SMILES string of the molecule is Cc1ccc(-c2csc(NC(=O)Nc3ccccc3C(F)(F)F)n2)cc1C. The number of hydrogen-bond donors (Lipinski definition) is 2. The number of para-hydroxylation sites is 1. The van der Waals surface area contributed by atoms with Gasteiger partial charge in [0.1, 0.15) is 0 Å². The molecule has 0 saturated heterocycles. The van der Waals surface area contributed by atoms with Crippen molar-refractivity contribution in [1.29, 1.82) is 0 Å². The second-order valence-corrected chi connectivity index (χ2v) is 6.82. The second-order valence-electron chi connectivity index (χ2n) is 5.96. The first-order valence-electron chi connectivity index (χ1n) is 8.01. The molecule has 0 spiro atoms. The number of thiazole rings is 1. The minimum Gasteiger partial charge on any atom is -0.307 e. The first kappa shape index (κ1) is 18.9. The van der Waals surface area contributed by atoms with E-state index in [2.05, 4.69) is 15.6 Å². The number of aryl methyl sites for hydroxylation is 2. The topological polar surface area (TPSA) is 54.0 Å². The summed E-state index contributed by atoms with van der Waals surface area (Å²) >= 11 is 1.20. The highest BCUT2D eigenvalue weighted by Crippen LogP contribution is 2.34. The number of benzene rings is 2. The number of carbonyl (C=O) groups excluding carboxylic acids is 1. The van der Waals surface area contributed by atoms with Crippen molar-refractivity contribution < 1.29 is 18.0 Å². The minimum atomic E-state index is -4.55. The monoisotopic (exact) mass is 391 g/mol.